The number of carbonyl (C=O) groups excluding carboxylic acids is 3. The van der Waals surface area contributed by atoms with Gasteiger partial charge in [-0.25, -0.2) is 4.79 Å². The predicted molar refractivity (Wildman–Crippen MR) is 65.3 cm³/mol. The first kappa shape index (κ1) is 13.2. The molecule has 0 aliphatic carbocycles. The van der Waals surface area contributed by atoms with Gasteiger partial charge in [-0.15, -0.1) is 5.06 Å². The van der Waals surface area contributed by atoms with E-state index in [1.165, 1.54) is 0 Å². The van der Waals surface area contributed by atoms with Gasteiger partial charge in [0.2, 0.25) is 0 Å². The molecule has 1 atom stereocenters. The molecule has 1 heterocycles. The van der Waals surface area contributed by atoms with Crippen LogP contribution in [-0.2, 0) is 25.6 Å². The van der Waals surface area contributed by atoms with Crippen LogP contribution in [0, 0.1) is 0 Å². The Morgan fingerprint density at radius 2 is 1.79 bits per heavy atom. The molecule has 0 spiro atoms. The number of amides is 2. The number of nitrogens with two attached hydrogens (primary N) is 1. The summed E-state index contributed by atoms with van der Waals surface area (Å²) in [7, 11) is 0. The molecule has 0 radical (unpaired) electrons. The average Bonchev–Trinajstić information content (AvgIpc) is 2.71. The largest absolute Gasteiger partial charge is 0.350 e. The lowest BCUT2D eigenvalue weighted by molar-refractivity contribution is -0.198. The SMILES string of the molecule is N[C@H](Cc1ccccc1)C(=O)ON1C(=O)CCC1=O. The lowest BCUT2D eigenvalue weighted by Crippen LogP contribution is -2.41. The highest BCUT2D eigenvalue weighted by molar-refractivity contribution is 6.01. The second kappa shape index (κ2) is 5.62. The topological polar surface area (TPSA) is 89.7 Å². The molecule has 2 N–H and O–H groups in total. The summed E-state index contributed by atoms with van der Waals surface area (Å²) < 4.78 is 0. The second-order valence-corrected chi connectivity index (χ2v) is 4.29. The zero-order valence-corrected chi connectivity index (χ0v) is 10.2. The molecule has 2 amide bonds. The lowest BCUT2D eigenvalue weighted by Gasteiger charge is -2.16. The van der Waals surface area contributed by atoms with Gasteiger partial charge >= 0.3 is 5.97 Å². The molecule has 1 fully saturated rings. The molecule has 0 aromatic heterocycles. The lowest BCUT2D eigenvalue weighted by atomic mass is 10.1. The molecule has 0 unspecified atom stereocenters. The Balaban J connectivity index is 1.93. The number of benzene rings is 1. The third-order valence-electron chi connectivity index (χ3n) is 2.79. The standard InChI is InChI=1S/C13H14N2O4/c14-10(8-9-4-2-1-3-5-9)13(18)19-15-11(16)6-7-12(15)17/h1-5,10H,6-8,14H2/t10-/m1/s1. The van der Waals surface area contributed by atoms with E-state index in [2.05, 4.69) is 0 Å². The highest BCUT2D eigenvalue weighted by Gasteiger charge is 2.34. The van der Waals surface area contributed by atoms with Crippen molar-refractivity contribution in [3.05, 3.63) is 35.9 Å². The van der Waals surface area contributed by atoms with E-state index in [9.17, 15) is 14.4 Å². The molecule has 1 aliphatic rings. The monoisotopic (exact) mass is 262 g/mol. The van der Waals surface area contributed by atoms with Crippen LogP contribution >= 0.6 is 0 Å². The molecule has 2 rings (SSSR count). The summed E-state index contributed by atoms with van der Waals surface area (Å²) in [5.41, 5.74) is 6.58. The molecule has 1 aliphatic heterocycles. The highest BCUT2D eigenvalue weighted by Crippen LogP contribution is 2.13. The van der Waals surface area contributed by atoms with Gasteiger partial charge in [0.25, 0.3) is 11.8 Å². The minimum Gasteiger partial charge on any atom is -0.329 e. The van der Waals surface area contributed by atoms with Crippen LogP contribution in [0.1, 0.15) is 18.4 Å². The summed E-state index contributed by atoms with van der Waals surface area (Å²) in [6.45, 7) is 0. The van der Waals surface area contributed by atoms with E-state index in [1.807, 2.05) is 30.3 Å². The van der Waals surface area contributed by atoms with Crippen molar-refractivity contribution in [2.24, 2.45) is 5.73 Å². The summed E-state index contributed by atoms with van der Waals surface area (Å²) in [5, 5.41) is 0.507. The number of hydrogen-bond acceptors (Lipinski definition) is 5. The van der Waals surface area contributed by atoms with Crippen LogP contribution in [0.3, 0.4) is 0 Å². The van der Waals surface area contributed by atoms with E-state index < -0.39 is 23.8 Å². The normalized spacial score (nSPS) is 16.6. The van der Waals surface area contributed by atoms with E-state index in [1.54, 1.807) is 0 Å². The number of carbonyl (C=O) groups is 3. The minimum absolute atomic E-state index is 0.0695. The van der Waals surface area contributed by atoms with Gasteiger partial charge in [0.05, 0.1) is 0 Å². The summed E-state index contributed by atoms with van der Waals surface area (Å²) in [4.78, 5) is 39.0. The quantitative estimate of drug-likeness (QED) is 0.781. The van der Waals surface area contributed by atoms with Gasteiger partial charge in [-0.3, -0.25) is 9.59 Å². The van der Waals surface area contributed by atoms with Gasteiger partial charge in [0.15, 0.2) is 0 Å². The van der Waals surface area contributed by atoms with E-state index in [-0.39, 0.29) is 19.3 Å². The Morgan fingerprint density at radius 1 is 1.21 bits per heavy atom. The first-order chi connectivity index (χ1) is 9.08. The van der Waals surface area contributed by atoms with Crippen molar-refractivity contribution in [2.45, 2.75) is 25.3 Å². The van der Waals surface area contributed by atoms with Crippen molar-refractivity contribution in [3.8, 4) is 0 Å². The average molecular weight is 262 g/mol. The zero-order valence-electron chi connectivity index (χ0n) is 10.2. The first-order valence-corrected chi connectivity index (χ1v) is 5.95. The molecule has 19 heavy (non-hydrogen) atoms. The first-order valence-electron chi connectivity index (χ1n) is 5.95. The summed E-state index contributed by atoms with van der Waals surface area (Å²) in [6, 6.07) is 8.28. The van der Waals surface area contributed by atoms with Gasteiger partial charge in [0.1, 0.15) is 6.04 Å². The molecule has 0 bridgehead atoms. The number of imide groups is 1. The van der Waals surface area contributed by atoms with Crippen LogP contribution in [0.5, 0.6) is 0 Å². The Morgan fingerprint density at radius 3 is 2.37 bits per heavy atom. The van der Waals surface area contributed by atoms with Crippen LogP contribution in [0.4, 0.5) is 0 Å². The van der Waals surface area contributed by atoms with Gasteiger partial charge in [-0.2, -0.15) is 0 Å². The smallest absolute Gasteiger partial charge is 0.329 e. The molecule has 6 nitrogen and oxygen atoms in total. The van der Waals surface area contributed by atoms with Crippen molar-refractivity contribution < 1.29 is 19.2 Å². The third kappa shape index (κ3) is 3.17. The van der Waals surface area contributed by atoms with Gasteiger partial charge < -0.3 is 10.6 Å². The fourth-order valence-electron chi connectivity index (χ4n) is 1.77. The molecular formula is C13H14N2O4. The van der Waals surface area contributed by atoms with Crippen molar-refractivity contribution in [1.29, 1.82) is 0 Å². The van der Waals surface area contributed by atoms with Gasteiger partial charge in [0, 0.05) is 12.8 Å². The summed E-state index contributed by atoms with van der Waals surface area (Å²) in [5.74, 6) is -1.80. The molecule has 1 saturated heterocycles. The van der Waals surface area contributed by atoms with Crippen molar-refractivity contribution >= 4 is 17.8 Å². The van der Waals surface area contributed by atoms with Crippen LogP contribution in [0.2, 0.25) is 0 Å². The fraction of sp³-hybridized carbons (Fsp3) is 0.308. The van der Waals surface area contributed by atoms with Gasteiger partial charge in [-0.1, -0.05) is 30.3 Å². The molecule has 100 valence electrons. The Kier molecular flexibility index (Phi) is 3.91. The van der Waals surface area contributed by atoms with Crippen molar-refractivity contribution in [1.82, 2.24) is 5.06 Å². The number of nitrogens with zero attached hydrogens (tertiary/aromatic N) is 1. The number of hydrogen-bond donors (Lipinski definition) is 1. The van der Waals surface area contributed by atoms with Crippen molar-refractivity contribution in [2.75, 3.05) is 0 Å². The molecular weight excluding hydrogens is 248 g/mol. The van der Waals surface area contributed by atoms with E-state index in [4.69, 9.17) is 10.6 Å². The van der Waals surface area contributed by atoms with E-state index in [0.29, 0.717) is 5.06 Å². The minimum atomic E-state index is -0.913. The number of hydroxylamine groups is 2. The molecule has 1 aromatic rings. The predicted octanol–water partition coefficient (Wildman–Crippen LogP) is 0.164. The fourth-order valence-corrected chi connectivity index (χ4v) is 1.77. The summed E-state index contributed by atoms with van der Waals surface area (Å²) >= 11 is 0. The van der Waals surface area contributed by atoms with Crippen molar-refractivity contribution in [3.63, 3.8) is 0 Å². The van der Waals surface area contributed by atoms with E-state index >= 15 is 0 Å². The summed E-state index contributed by atoms with van der Waals surface area (Å²) in [6.07, 6.45) is 0.427. The molecule has 1 aromatic carbocycles. The van der Waals surface area contributed by atoms with Crippen LogP contribution < -0.4 is 5.73 Å². The maximum Gasteiger partial charge on any atom is 0.350 e. The molecule has 0 saturated carbocycles. The van der Waals surface area contributed by atoms with E-state index in [0.717, 1.165) is 5.56 Å². The second-order valence-electron chi connectivity index (χ2n) is 4.29. The Hall–Kier alpha value is -2.21. The molecule has 6 heteroatoms. The maximum absolute atomic E-state index is 11.7. The third-order valence-corrected chi connectivity index (χ3v) is 2.79. The Bertz CT molecular complexity index is 485. The number of rotatable bonds is 4. The van der Waals surface area contributed by atoms with Crippen LogP contribution in [0.25, 0.3) is 0 Å². The highest BCUT2D eigenvalue weighted by atomic mass is 16.7. The zero-order chi connectivity index (χ0) is 13.8. The maximum atomic E-state index is 11.7. The van der Waals surface area contributed by atoms with Crippen LogP contribution in [-0.4, -0.2) is 28.9 Å². The Labute approximate surface area is 110 Å². The van der Waals surface area contributed by atoms with Crippen LogP contribution in [0.15, 0.2) is 30.3 Å². The van der Waals surface area contributed by atoms with Gasteiger partial charge in [-0.05, 0) is 12.0 Å².